The van der Waals surface area contributed by atoms with Gasteiger partial charge in [-0.3, -0.25) is 14.2 Å². The van der Waals surface area contributed by atoms with Crippen LogP contribution in [0.4, 0.5) is 5.82 Å². The number of nitrogens with one attached hydrogen (secondary N) is 1. The van der Waals surface area contributed by atoms with E-state index < -0.39 is 48.6 Å². The van der Waals surface area contributed by atoms with Crippen LogP contribution in [0.3, 0.4) is 0 Å². The summed E-state index contributed by atoms with van der Waals surface area (Å²) in [5, 5.41) is 41.9. The van der Waals surface area contributed by atoms with Crippen LogP contribution in [0.25, 0.3) is 0 Å². The molecule has 11 heteroatoms. The summed E-state index contributed by atoms with van der Waals surface area (Å²) in [5.74, 6) is -0.642. The molecule has 0 spiro atoms. The molecular formula is C14H21N3O7S. The average Bonchev–Trinajstić information content (AvgIpc) is 2.57. The highest BCUT2D eigenvalue weighted by Crippen LogP contribution is 2.24. The molecule has 0 aromatic carbocycles. The van der Waals surface area contributed by atoms with Crippen molar-refractivity contribution >= 4 is 23.4 Å². The van der Waals surface area contributed by atoms with E-state index >= 15 is 0 Å². The number of rotatable bonds is 5. The molecule has 5 atom stereocenters. The van der Waals surface area contributed by atoms with Crippen molar-refractivity contribution in [3.63, 3.8) is 0 Å². The number of aliphatic hydroxyl groups excluding tert-OH is 4. The Kier molecular flexibility index (Phi) is 6.19. The molecule has 0 saturated carbocycles. The number of carbonyl (C=O) groups is 1. The largest absolute Gasteiger partial charge is 0.394 e. The van der Waals surface area contributed by atoms with Gasteiger partial charge in [0.05, 0.1) is 6.61 Å². The summed E-state index contributed by atoms with van der Waals surface area (Å²) in [7, 11) is 1.48. The first kappa shape index (κ1) is 19.8. The third kappa shape index (κ3) is 3.71. The first-order valence-electron chi connectivity index (χ1n) is 7.45. The first-order valence-corrected chi connectivity index (χ1v) is 8.68. The summed E-state index contributed by atoms with van der Waals surface area (Å²) in [5.41, 5.74) is -0.795. The second-order valence-corrected chi connectivity index (χ2v) is 6.41. The molecule has 2 heterocycles. The van der Waals surface area contributed by atoms with Crippen LogP contribution in [-0.2, 0) is 11.8 Å². The van der Waals surface area contributed by atoms with Gasteiger partial charge in [0.1, 0.15) is 35.8 Å². The highest BCUT2D eigenvalue weighted by Gasteiger charge is 2.44. The summed E-state index contributed by atoms with van der Waals surface area (Å²) in [6, 6.07) is 0. The standard InChI is InChI=1S/C14H21N3O7S/c1-5(19)7-11(16-14(25-3)17(2)13(7)23)15-12-10(22)9(21)8(20)6(4-18)24-12/h6,8-10,12,15,18,20-22H,4H2,1-3H3. The van der Waals surface area contributed by atoms with E-state index in [1.807, 2.05) is 0 Å². The molecule has 1 aliphatic rings. The van der Waals surface area contributed by atoms with Crippen LogP contribution in [0.2, 0.25) is 0 Å². The maximum atomic E-state index is 12.4. The number of ketones is 1. The van der Waals surface area contributed by atoms with Gasteiger partial charge >= 0.3 is 0 Å². The van der Waals surface area contributed by atoms with Gasteiger partial charge in [-0.2, -0.15) is 0 Å². The molecule has 10 nitrogen and oxygen atoms in total. The third-order valence-electron chi connectivity index (χ3n) is 3.96. The third-order valence-corrected chi connectivity index (χ3v) is 4.69. The normalized spacial score (nSPS) is 29.5. The number of hydrogen-bond acceptors (Lipinski definition) is 10. The molecule has 1 fully saturated rings. The van der Waals surface area contributed by atoms with E-state index in [-0.39, 0.29) is 11.4 Å². The number of aliphatic hydroxyl groups is 4. The lowest BCUT2D eigenvalue weighted by atomic mass is 9.98. The van der Waals surface area contributed by atoms with Crippen molar-refractivity contribution in [3.8, 4) is 0 Å². The van der Waals surface area contributed by atoms with Crippen LogP contribution in [0.15, 0.2) is 9.95 Å². The second-order valence-electron chi connectivity index (χ2n) is 5.64. The van der Waals surface area contributed by atoms with Crippen LogP contribution in [-0.4, -0.2) is 79.3 Å². The number of ether oxygens (including phenoxy) is 1. The van der Waals surface area contributed by atoms with Gasteiger partial charge in [-0.15, -0.1) is 0 Å². The second kappa shape index (κ2) is 7.81. The number of hydrogen-bond donors (Lipinski definition) is 5. The predicted octanol–water partition coefficient (Wildman–Crippen LogP) is -2.08. The quantitative estimate of drug-likeness (QED) is 0.220. The summed E-state index contributed by atoms with van der Waals surface area (Å²) in [6.45, 7) is 0.610. The molecule has 5 unspecified atom stereocenters. The number of thioether (sulfide) groups is 1. The van der Waals surface area contributed by atoms with Crippen molar-refractivity contribution < 1.29 is 30.0 Å². The maximum absolute atomic E-state index is 12.4. The smallest absolute Gasteiger partial charge is 0.266 e. The van der Waals surface area contributed by atoms with Crippen molar-refractivity contribution in [2.24, 2.45) is 7.05 Å². The Hall–Kier alpha value is -1.50. The Morgan fingerprint density at radius 3 is 2.48 bits per heavy atom. The van der Waals surface area contributed by atoms with Crippen LogP contribution < -0.4 is 10.9 Å². The van der Waals surface area contributed by atoms with Gasteiger partial charge in [0.2, 0.25) is 0 Å². The lowest BCUT2D eigenvalue weighted by Gasteiger charge is -2.40. The highest BCUT2D eigenvalue weighted by molar-refractivity contribution is 7.98. The average molecular weight is 375 g/mol. The lowest BCUT2D eigenvalue weighted by Crippen LogP contribution is -2.60. The van der Waals surface area contributed by atoms with E-state index in [0.717, 1.165) is 0 Å². The molecule has 140 valence electrons. The van der Waals surface area contributed by atoms with Gasteiger partial charge in [0.15, 0.2) is 17.2 Å². The van der Waals surface area contributed by atoms with Crippen LogP contribution >= 0.6 is 11.8 Å². The molecule has 25 heavy (non-hydrogen) atoms. The molecule has 0 amide bonds. The molecule has 5 N–H and O–H groups in total. The van der Waals surface area contributed by atoms with E-state index in [1.54, 1.807) is 6.26 Å². The van der Waals surface area contributed by atoms with E-state index in [1.165, 1.54) is 30.3 Å². The first-order chi connectivity index (χ1) is 11.7. The molecule has 0 aliphatic carbocycles. The minimum atomic E-state index is -1.59. The Morgan fingerprint density at radius 1 is 1.32 bits per heavy atom. The Morgan fingerprint density at radius 2 is 1.96 bits per heavy atom. The van der Waals surface area contributed by atoms with Crippen molar-refractivity contribution in [1.29, 1.82) is 0 Å². The van der Waals surface area contributed by atoms with Crippen molar-refractivity contribution in [1.82, 2.24) is 9.55 Å². The van der Waals surface area contributed by atoms with Gasteiger partial charge < -0.3 is 30.5 Å². The van der Waals surface area contributed by atoms with Gasteiger partial charge in [0.25, 0.3) is 5.56 Å². The minimum absolute atomic E-state index is 0.107. The highest BCUT2D eigenvalue weighted by atomic mass is 32.2. The molecule has 1 aromatic rings. The molecular weight excluding hydrogens is 354 g/mol. The number of anilines is 1. The summed E-state index contributed by atoms with van der Waals surface area (Å²) in [4.78, 5) is 28.4. The molecule has 1 aliphatic heterocycles. The number of nitrogens with zero attached hydrogens (tertiary/aromatic N) is 2. The Labute approximate surface area is 147 Å². The fraction of sp³-hybridized carbons (Fsp3) is 0.643. The molecule has 1 aromatic heterocycles. The van der Waals surface area contributed by atoms with E-state index in [9.17, 15) is 30.0 Å². The molecule has 1 saturated heterocycles. The fourth-order valence-corrected chi connectivity index (χ4v) is 3.08. The van der Waals surface area contributed by atoms with Crippen LogP contribution in [0, 0.1) is 0 Å². The van der Waals surface area contributed by atoms with Gasteiger partial charge in [-0.05, 0) is 13.2 Å². The monoisotopic (exact) mass is 375 g/mol. The Bertz CT molecular complexity index is 708. The van der Waals surface area contributed by atoms with Gasteiger partial charge in [0, 0.05) is 7.05 Å². The number of Topliss-reactive ketones (excluding diaryl/α,β-unsaturated/α-hetero) is 1. The van der Waals surface area contributed by atoms with E-state index in [4.69, 9.17) is 4.74 Å². The minimum Gasteiger partial charge on any atom is -0.394 e. The molecule has 0 radical (unpaired) electrons. The number of carbonyl (C=O) groups excluding carboxylic acids is 1. The topological polar surface area (TPSA) is 154 Å². The zero-order valence-corrected chi connectivity index (χ0v) is 14.7. The van der Waals surface area contributed by atoms with Gasteiger partial charge in [-0.25, -0.2) is 4.98 Å². The maximum Gasteiger partial charge on any atom is 0.266 e. The van der Waals surface area contributed by atoms with Crippen molar-refractivity contribution in [2.45, 2.75) is 42.7 Å². The van der Waals surface area contributed by atoms with E-state index in [2.05, 4.69) is 10.3 Å². The van der Waals surface area contributed by atoms with E-state index in [0.29, 0.717) is 5.16 Å². The number of aromatic nitrogens is 2. The Balaban J connectivity index is 2.43. The SMILES string of the molecule is CSc1nc(NC2OC(CO)C(O)C(O)C2O)c(C(C)=O)c(=O)n1C. The summed E-state index contributed by atoms with van der Waals surface area (Å²) >= 11 is 1.18. The van der Waals surface area contributed by atoms with Crippen molar-refractivity contribution in [3.05, 3.63) is 15.9 Å². The molecule has 2 rings (SSSR count). The van der Waals surface area contributed by atoms with Crippen LogP contribution in [0.1, 0.15) is 17.3 Å². The summed E-state index contributed by atoms with van der Waals surface area (Å²) < 4.78 is 6.55. The van der Waals surface area contributed by atoms with Gasteiger partial charge in [-0.1, -0.05) is 11.8 Å². The fourth-order valence-electron chi connectivity index (χ4n) is 2.54. The summed E-state index contributed by atoms with van der Waals surface area (Å²) in [6.07, 6.45) is -5.38. The predicted molar refractivity (Wildman–Crippen MR) is 88.7 cm³/mol. The molecule has 0 bridgehead atoms. The van der Waals surface area contributed by atoms with Crippen molar-refractivity contribution in [2.75, 3.05) is 18.2 Å². The zero-order chi connectivity index (χ0) is 18.9. The van der Waals surface area contributed by atoms with Crippen LogP contribution in [0.5, 0.6) is 0 Å². The zero-order valence-electron chi connectivity index (χ0n) is 13.9. The lowest BCUT2D eigenvalue weighted by molar-refractivity contribution is -0.221.